The molecule has 2 aromatic carbocycles. The van der Waals surface area contributed by atoms with E-state index in [1.807, 2.05) is 28.9 Å². The minimum absolute atomic E-state index is 0.271. The maximum absolute atomic E-state index is 13.7. The lowest BCUT2D eigenvalue weighted by Gasteiger charge is -2.08. The Labute approximate surface area is 170 Å². The first kappa shape index (κ1) is 19.3. The number of benzene rings is 2. The minimum atomic E-state index is -0.947. The largest absolute Gasteiger partial charge is 0.348 e. The van der Waals surface area contributed by atoms with Crippen LogP contribution in [0, 0.1) is 11.6 Å². The molecule has 0 spiro atoms. The van der Waals surface area contributed by atoms with Gasteiger partial charge in [0.2, 0.25) is 0 Å². The Morgan fingerprint density at radius 2 is 1.73 bits per heavy atom. The second-order valence-electron chi connectivity index (χ2n) is 6.57. The summed E-state index contributed by atoms with van der Waals surface area (Å²) in [6.07, 6.45) is 5.40. The van der Waals surface area contributed by atoms with E-state index in [1.165, 1.54) is 12.1 Å². The Hall–Kier alpha value is -4.07. The lowest BCUT2D eigenvalue weighted by molar-refractivity contribution is 0.0950. The Balaban J connectivity index is 1.37. The van der Waals surface area contributed by atoms with Crippen molar-refractivity contribution in [2.24, 2.45) is 0 Å². The molecule has 2 heterocycles. The molecule has 0 aliphatic rings. The molecule has 2 aromatic heterocycles. The highest BCUT2D eigenvalue weighted by Gasteiger charge is 2.13. The number of nitrogens with zero attached hydrogens (tertiary/aromatic N) is 2. The lowest BCUT2D eigenvalue weighted by Crippen LogP contribution is -2.22. The molecule has 0 unspecified atom stereocenters. The SMILES string of the molecule is O=C(NCc1ccn2ccnc2c1)c1ccc(NC(=O)c2ccc(F)cc2F)cc1. The van der Waals surface area contributed by atoms with Crippen LogP contribution in [0.25, 0.3) is 5.65 Å². The fraction of sp³-hybridized carbons (Fsp3) is 0.0455. The molecule has 0 aliphatic carbocycles. The molecular formula is C22H16F2N4O2. The van der Waals surface area contributed by atoms with Gasteiger partial charge in [0.05, 0.1) is 5.56 Å². The average molecular weight is 406 g/mol. The molecule has 8 heteroatoms. The first-order chi connectivity index (χ1) is 14.5. The molecule has 150 valence electrons. The van der Waals surface area contributed by atoms with Crippen LogP contribution in [0.15, 0.2) is 73.2 Å². The summed E-state index contributed by atoms with van der Waals surface area (Å²) in [7, 11) is 0. The van der Waals surface area contributed by atoms with Gasteiger partial charge in [-0.25, -0.2) is 13.8 Å². The van der Waals surface area contributed by atoms with Gasteiger partial charge in [0, 0.05) is 42.5 Å². The summed E-state index contributed by atoms with van der Waals surface area (Å²) in [6.45, 7) is 0.338. The van der Waals surface area contributed by atoms with Crippen LogP contribution in [-0.4, -0.2) is 21.2 Å². The summed E-state index contributed by atoms with van der Waals surface area (Å²) in [6, 6.07) is 12.7. The standard InChI is InChI=1S/C22H16F2N4O2/c23-16-3-6-18(19(24)12-16)22(30)27-17-4-1-15(2-5-17)21(29)26-13-14-7-9-28-10-8-25-20(28)11-14/h1-12H,13H2,(H,26,29)(H,27,30). The van der Waals surface area contributed by atoms with Crippen molar-refractivity contribution in [3.8, 4) is 0 Å². The second kappa shape index (κ2) is 8.12. The van der Waals surface area contributed by atoms with Gasteiger partial charge >= 0.3 is 0 Å². The molecule has 0 saturated carbocycles. The quantitative estimate of drug-likeness (QED) is 0.530. The number of hydrogen-bond acceptors (Lipinski definition) is 3. The third-order valence-corrected chi connectivity index (χ3v) is 4.50. The fourth-order valence-corrected chi connectivity index (χ4v) is 2.92. The van der Waals surface area contributed by atoms with Crippen molar-refractivity contribution in [3.05, 3.63) is 102 Å². The summed E-state index contributed by atoms with van der Waals surface area (Å²) in [5, 5.41) is 5.34. The Kier molecular flexibility index (Phi) is 5.21. The summed E-state index contributed by atoms with van der Waals surface area (Å²) < 4.78 is 28.5. The molecular weight excluding hydrogens is 390 g/mol. The highest BCUT2D eigenvalue weighted by molar-refractivity contribution is 6.04. The van der Waals surface area contributed by atoms with Crippen LogP contribution < -0.4 is 10.6 Å². The number of imidazole rings is 1. The van der Waals surface area contributed by atoms with E-state index in [4.69, 9.17) is 0 Å². The van der Waals surface area contributed by atoms with E-state index in [0.717, 1.165) is 23.3 Å². The van der Waals surface area contributed by atoms with Gasteiger partial charge in [-0.3, -0.25) is 9.59 Å². The highest BCUT2D eigenvalue weighted by atomic mass is 19.1. The van der Waals surface area contributed by atoms with Crippen molar-refractivity contribution in [3.63, 3.8) is 0 Å². The average Bonchev–Trinajstić information content (AvgIpc) is 3.20. The Morgan fingerprint density at radius 3 is 2.50 bits per heavy atom. The van der Waals surface area contributed by atoms with Crippen LogP contribution in [0.3, 0.4) is 0 Å². The normalized spacial score (nSPS) is 10.7. The van der Waals surface area contributed by atoms with Crippen molar-refractivity contribution in [1.82, 2.24) is 14.7 Å². The van der Waals surface area contributed by atoms with Crippen molar-refractivity contribution >= 4 is 23.1 Å². The van der Waals surface area contributed by atoms with Gasteiger partial charge in [-0.05, 0) is 54.1 Å². The number of rotatable bonds is 5. The van der Waals surface area contributed by atoms with Crippen LogP contribution in [0.1, 0.15) is 26.3 Å². The third-order valence-electron chi connectivity index (χ3n) is 4.50. The fourth-order valence-electron chi connectivity index (χ4n) is 2.92. The summed E-state index contributed by atoms with van der Waals surface area (Å²) in [4.78, 5) is 28.7. The zero-order valence-corrected chi connectivity index (χ0v) is 15.6. The monoisotopic (exact) mass is 406 g/mol. The molecule has 2 amide bonds. The number of fused-ring (bicyclic) bond motifs is 1. The zero-order valence-electron chi connectivity index (χ0n) is 15.6. The maximum Gasteiger partial charge on any atom is 0.258 e. The first-order valence-electron chi connectivity index (χ1n) is 9.06. The number of anilines is 1. The number of hydrogen-bond donors (Lipinski definition) is 2. The van der Waals surface area contributed by atoms with Gasteiger partial charge < -0.3 is 15.0 Å². The number of aromatic nitrogens is 2. The van der Waals surface area contributed by atoms with Gasteiger partial charge in [0.25, 0.3) is 11.8 Å². The molecule has 4 rings (SSSR count). The van der Waals surface area contributed by atoms with E-state index in [1.54, 1.807) is 18.3 Å². The van der Waals surface area contributed by atoms with Crippen molar-refractivity contribution < 1.29 is 18.4 Å². The number of carbonyl (C=O) groups excluding carboxylic acids is 2. The lowest BCUT2D eigenvalue weighted by atomic mass is 10.1. The van der Waals surface area contributed by atoms with Crippen molar-refractivity contribution in [2.75, 3.05) is 5.32 Å². The number of halogens is 2. The smallest absolute Gasteiger partial charge is 0.258 e. The van der Waals surface area contributed by atoms with Gasteiger partial charge in [-0.1, -0.05) is 0 Å². The molecule has 0 bridgehead atoms. The van der Waals surface area contributed by atoms with Crippen LogP contribution in [0.4, 0.5) is 14.5 Å². The molecule has 0 fully saturated rings. The summed E-state index contributed by atoms with van der Waals surface area (Å²) >= 11 is 0. The maximum atomic E-state index is 13.7. The number of amides is 2. The number of nitrogens with one attached hydrogen (secondary N) is 2. The van der Waals surface area contributed by atoms with Crippen molar-refractivity contribution in [1.29, 1.82) is 0 Å². The van der Waals surface area contributed by atoms with E-state index >= 15 is 0 Å². The third kappa shape index (κ3) is 4.17. The second-order valence-corrected chi connectivity index (χ2v) is 6.57. The van der Waals surface area contributed by atoms with E-state index in [-0.39, 0.29) is 11.5 Å². The van der Waals surface area contributed by atoms with E-state index < -0.39 is 17.5 Å². The van der Waals surface area contributed by atoms with E-state index in [2.05, 4.69) is 15.6 Å². The molecule has 0 atom stereocenters. The van der Waals surface area contributed by atoms with Crippen LogP contribution in [0.2, 0.25) is 0 Å². The number of carbonyl (C=O) groups is 2. The van der Waals surface area contributed by atoms with Crippen LogP contribution in [-0.2, 0) is 6.54 Å². The molecule has 0 aliphatic heterocycles. The molecule has 0 saturated heterocycles. The van der Waals surface area contributed by atoms with Crippen LogP contribution >= 0.6 is 0 Å². The first-order valence-corrected chi connectivity index (χ1v) is 9.06. The topological polar surface area (TPSA) is 75.5 Å². The molecule has 2 N–H and O–H groups in total. The molecule has 6 nitrogen and oxygen atoms in total. The summed E-state index contributed by atoms with van der Waals surface area (Å²) in [5.41, 5.74) is 2.22. The van der Waals surface area contributed by atoms with Gasteiger partial charge in [0.15, 0.2) is 0 Å². The van der Waals surface area contributed by atoms with Crippen LogP contribution in [0.5, 0.6) is 0 Å². The van der Waals surface area contributed by atoms with Crippen molar-refractivity contribution in [2.45, 2.75) is 6.54 Å². The summed E-state index contributed by atoms with van der Waals surface area (Å²) in [5.74, 6) is -2.69. The van der Waals surface area contributed by atoms with E-state index in [9.17, 15) is 18.4 Å². The predicted octanol–water partition coefficient (Wildman–Crippen LogP) is 3.79. The van der Waals surface area contributed by atoms with Gasteiger partial charge in [0.1, 0.15) is 17.3 Å². The van der Waals surface area contributed by atoms with E-state index in [0.29, 0.717) is 23.9 Å². The molecule has 30 heavy (non-hydrogen) atoms. The van der Waals surface area contributed by atoms with Gasteiger partial charge in [-0.2, -0.15) is 0 Å². The highest BCUT2D eigenvalue weighted by Crippen LogP contribution is 2.15. The molecule has 4 aromatic rings. The minimum Gasteiger partial charge on any atom is -0.348 e. The Bertz CT molecular complexity index is 1240. The van der Waals surface area contributed by atoms with Gasteiger partial charge in [-0.15, -0.1) is 0 Å². The predicted molar refractivity (Wildman–Crippen MR) is 107 cm³/mol. The Morgan fingerprint density at radius 1 is 0.933 bits per heavy atom. The molecule has 0 radical (unpaired) electrons. The number of pyridine rings is 1. The zero-order chi connectivity index (χ0) is 21.1.